The van der Waals surface area contributed by atoms with Gasteiger partial charge in [-0.3, -0.25) is 14.9 Å². The number of non-ortho nitro benzene ring substituents is 1. The average molecular weight is 302 g/mol. The number of hydrogen-bond acceptors (Lipinski definition) is 4. The van der Waals surface area contributed by atoms with Crippen LogP contribution in [0.15, 0.2) is 12.1 Å². The molecule has 0 heterocycles. The molecule has 8 heteroatoms. The fourth-order valence-corrected chi connectivity index (χ4v) is 1.63. The molecular weight excluding hydrogens is 293 g/mol. The molecule has 1 aromatic rings. The summed E-state index contributed by atoms with van der Waals surface area (Å²) in [6, 6.07) is 3.93. The highest BCUT2D eigenvalue weighted by atomic mass is 35.5. The largest absolute Gasteiger partial charge is 0.334 e. The van der Waals surface area contributed by atoms with Gasteiger partial charge >= 0.3 is 0 Å². The lowest BCUT2D eigenvalue weighted by atomic mass is 10.1. The molecule has 0 bridgehead atoms. The van der Waals surface area contributed by atoms with Crippen LogP contribution < -0.4 is 5.32 Å². The standard InChI is InChI=1S/C11H9Cl2N3O3/c1-11(2,5-14)15-10(17)7-3-6(16(18)19)4-8(12)9(7)13/h3-4H,1-2H3,(H,15,17). The lowest BCUT2D eigenvalue weighted by Crippen LogP contribution is -2.42. The second kappa shape index (κ2) is 5.43. The molecule has 0 aliphatic heterocycles. The minimum atomic E-state index is -1.13. The molecule has 6 nitrogen and oxygen atoms in total. The number of carbonyl (C=O) groups is 1. The molecule has 100 valence electrons. The van der Waals surface area contributed by atoms with Crippen molar-refractivity contribution < 1.29 is 9.72 Å². The third-order valence-corrected chi connectivity index (χ3v) is 2.98. The Bertz CT molecular complexity index is 594. The fraction of sp³-hybridized carbons (Fsp3) is 0.273. The van der Waals surface area contributed by atoms with E-state index in [4.69, 9.17) is 28.5 Å². The molecular formula is C11H9Cl2N3O3. The number of nitro groups is 1. The molecule has 1 aromatic carbocycles. The van der Waals surface area contributed by atoms with Crippen LogP contribution in [0.1, 0.15) is 24.2 Å². The Hall–Kier alpha value is -1.84. The molecule has 0 saturated heterocycles. The maximum Gasteiger partial charge on any atom is 0.271 e. The van der Waals surface area contributed by atoms with Crippen molar-refractivity contribution in [3.8, 4) is 6.07 Å². The van der Waals surface area contributed by atoms with Crippen LogP contribution in [0.3, 0.4) is 0 Å². The van der Waals surface area contributed by atoms with Crippen molar-refractivity contribution in [2.75, 3.05) is 0 Å². The second-order valence-corrected chi connectivity index (χ2v) is 5.02. The van der Waals surface area contributed by atoms with Crippen molar-refractivity contribution in [1.29, 1.82) is 5.26 Å². The van der Waals surface area contributed by atoms with E-state index in [2.05, 4.69) is 5.32 Å². The zero-order valence-electron chi connectivity index (χ0n) is 10.0. The molecule has 0 radical (unpaired) electrons. The molecule has 0 aliphatic rings. The summed E-state index contributed by atoms with van der Waals surface area (Å²) < 4.78 is 0. The summed E-state index contributed by atoms with van der Waals surface area (Å²) in [6.45, 7) is 2.97. The van der Waals surface area contributed by atoms with Crippen LogP contribution in [0.25, 0.3) is 0 Å². The van der Waals surface area contributed by atoms with E-state index >= 15 is 0 Å². The van der Waals surface area contributed by atoms with Gasteiger partial charge in [0.15, 0.2) is 0 Å². The molecule has 0 aromatic heterocycles. The normalized spacial score (nSPS) is 10.7. The number of carbonyl (C=O) groups excluding carboxylic acids is 1. The van der Waals surface area contributed by atoms with Crippen LogP contribution in [0.2, 0.25) is 10.0 Å². The Balaban J connectivity index is 3.24. The van der Waals surface area contributed by atoms with Crippen LogP contribution in [0.4, 0.5) is 5.69 Å². The lowest BCUT2D eigenvalue weighted by Gasteiger charge is -2.18. The smallest absolute Gasteiger partial charge is 0.271 e. The van der Waals surface area contributed by atoms with Gasteiger partial charge in [0.25, 0.3) is 11.6 Å². The molecule has 19 heavy (non-hydrogen) atoms. The Labute approximate surface area is 119 Å². The summed E-state index contributed by atoms with van der Waals surface area (Å²) in [5, 5.41) is 21.7. The predicted octanol–water partition coefficient (Wildman–Crippen LogP) is 2.93. The summed E-state index contributed by atoms with van der Waals surface area (Å²) in [7, 11) is 0. The third-order valence-electron chi connectivity index (χ3n) is 2.17. The molecule has 1 rings (SSSR count). The average Bonchev–Trinajstić information content (AvgIpc) is 2.31. The Morgan fingerprint density at radius 2 is 2.05 bits per heavy atom. The van der Waals surface area contributed by atoms with Crippen molar-refractivity contribution in [2.45, 2.75) is 19.4 Å². The van der Waals surface area contributed by atoms with Crippen molar-refractivity contribution in [1.82, 2.24) is 5.32 Å². The Morgan fingerprint density at radius 3 is 2.53 bits per heavy atom. The van der Waals surface area contributed by atoms with Crippen molar-refractivity contribution in [3.05, 3.63) is 37.9 Å². The third kappa shape index (κ3) is 3.56. The van der Waals surface area contributed by atoms with Crippen LogP contribution in [0.5, 0.6) is 0 Å². The van der Waals surface area contributed by atoms with E-state index in [9.17, 15) is 14.9 Å². The zero-order valence-corrected chi connectivity index (χ0v) is 11.5. The SMILES string of the molecule is CC(C)(C#N)NC(=O)c1cc([N+](=O)[O-])cc(Cl)c1Cl. The molecule has 0 fully saturated rings. The minimum absolute atomic E-state index is 0.0986. The molecule has 0 unspecified atom stereocenters. The van der Waals surface area contributed by atoms with Crippen molar-refractivity contribution >= 4 is 34.8 Å². The molecule has 1 N–H and O–H groups in total. The van der Waals surface area contributed by atoms with Crippen LogP contribution in [-0.2, 0) is 0 Å². The Morgan fingerprint density at radius 1 is 1.47 bits per heavy atom. The van der Waals surface area contributed by atoms with Crippen LogP contribution >= 0.6 is 23.2 Å². The number of nitrogens with one attached hydrogen (secondary N) is 1. The number of nitrogens with zero attached hydrogens (tertiary/aromatic N) is 2. The summed E-state index contributed by atoms with van der Waals surface area (Å²) in [4.78, 5) is 22.0. The van der Waals surface area contributed by atoms with E-state index in [0.29, 0.717) is 0 Å². The number of halogens is 2. The fourth-order valence-electron chi connectivity index (χ4n) is 1.22. The van der Waals surface area contributed by atoms with Gasteiger partial charge in [0.2, 0.25) is 0 Å². The molecule has 0 saturated carbocycles. The van der Waals surface area contributed by atoms with Gasteiger partial charge in [-0.25, -0.2) is 0 Å². The van der Waals surface area contributed by atoms with Gasteiger partial charge in [-0.05, 0) is 13.8 Å². The van der Waals surface area contributed by atoms with Crippen molar-refractivity contribution in [3.63, 3.8) is 0 Å². The quantitative estimate of drug-likeness (QED) is 0.685. The van der Waals surface area contributed by atoms with E-state index in [-0.39, 0.29) is 21.3 Å². The summed E-state index contributed by atoms with van der Waals surface area (Å²) in [5.74, 6) is -0.706. The van der Waals surface area contributed by atoms with E-state index in [1.165, 1.54) is 13.8 Å². The van der Waals surface area contributed by atoms with Gasteiger partial charge in [-0.2, -0.15) is 5.26 Å². The number of nitriles is 1. The topological polar surface area (TPSA) is 96.0 Å². The first kappa shape index (κ1) is 15.2. The summed E-state index contributed by atoms with van der Waals surface area (Å²) in [6.07, 6.45) is 0. The highest BCUT2D eigenvalue weighted by molar-refractivity contribution is 6.44. The summed E-state index contributed by atoms with van der Waals surface area (Å²) in [5.41, 5.74) is -1.63. The van der Waals surface area contributed by atoms with Gasteiger partial charge < -0.3 is 5.32 Å². The first-order chi connectivity index (χ1) is 8.68. The van der Waals surface area contributed by atoms with Gasteiger partial charge in [-0.1, -0.05) is 23.2 Å². The van der Waals surface area contributed by atoms with Gasteiger partial charge in [0, 0.05) is 12.1 Å². The molecule has 0 aliphatic carbocycles. The number of benzene rings is 1. The highest BCUT2D eigenvalue weighted by Gasteiger charge is 2.24. The minimum Gasteiger partial charge on any atom is -0.334 e. The van der Waals surface area contributed by atoms with Gasteiger partial charge in [0.05, 0.1) is 26.6 Å². The first-order valence-electron chi connectivity index (χ1n) is 5.05. The maximum atomic E-state index is 11.9. The van der Waals surface area contributed by atoms with Crippen LogP contribution in [0, 0.1) is 21.4 Å². The lowest BCUT2D eigenvalue weighted by molar-refractivity contribution is -0.384. The number of rotatable bonds is 3. The second-order valence-electron chi connectivity index (χ2n) is 4.24. The maximum absolute atomic E-state index is 11.9. The first-order valence-corrected chi connectivity index (χ1v) is 5.81. The van der Waals surface area contributed by atoms with Gasteiger partial charge in [-0.15, -0.1) is 0 Å². The van der Waals surface area contributed by atoms with E-state index in [1.54, 1.807) is 0 Å². The number of nitro benzene ring substituents is 1. The molecule has 0 atom stereocenters. The predicted molar refractivity (Wildman–Crippen MR) is 70.3 cm³/mol. The molecule has 1 amide bonds. The van der Waals surface area contributed by atoms with E-state index < -0.39 is 16.4 Å². The number of hydrogen-bond donors (Lipinski definition) is 1. The monoisotopic (exact) mass is 301 g/mol. The van der Waals surface area contributed by atoms with Crippen molar-refractivity contribution in [2.24, 2.45) is 0 Å². The van der Waals surface area contributed by atoms with Gasteiger partial charge in [0.1, 0.15) is 5.54 Å². The molecule has 0 spiro atoms. The Kier molecular flexibility index (Phi) is 4.35. The summed E-state index contributed by atoms with van der Waals surface area (Å²) >= 11 is 11.6. The number of amides is 1. The van der Waals surface area contributed by atoms with E-state index in [0.717, 1.165) is 12.1 Å². The van der Waals surface area contributed by atoms with Crippen LogP contribution in [-0.4, -0.2) is 16.4 Å². The van der Waals surface area contributed by atoms with E-state index in [1.807, 2.05) is 6.07 Å². The zero-order chi connectivity index (χ0) is 14.8. The highest BCUT2D eigenvalue weighted by Crippen LogP contribution is 2.31.